The van der Waals surface area contributed by atoms with E-state index in [-0.39, 0.29) is 0 Å². The van der Waals surface area contributed by atoms with Gasteiger partial charge in [-0.25, -0.2) is 0 Å². The van der Waals surface area contributed by atoms with Crippen molar-refractivity contribution in [3.8, 4) is 6.07 Å². The Balaban J connectivity index is 3.20. The first-order chi connectivity index (χ1) is 4.34. The number of hydrogen-bond donors (Lipinski definition) is 0. The van der Waals surface area contributed by atoms with Gasteiger partial charge in [-0.15, -0.1) is 5.10 Å². The van der Waals surface area contributed by atoms with Gasteiger partial charge in [0.15, 0.2) is 0 Å². The lowest BCUT2D eigenvalue weighted by atomic mass is 10.3. The summed E-state index contributed by atoms with van der Waals surface area (Å²) in [5.41, 5.74) is 0.505. The molecule has 1 aromatic heterocycles. The predicted molar refractivity (Wildman–Crippen MR) is 34.4 cm³/mol. The highest BCUT2D eigenvalue weighted by Crippen LogP contribution is 2.08. The van der Waals surface area contributed by atoms with Crippen LogP contribution in [0.15, 0.2) is 16.9 Å². The van der Waals surface area contributed by atoms with Crippen LogP contribution in [0, 0.1) is 11.3 Å². The molecule has 0 saturated heterocycles. The van der Waals surface area contributed by atoms with Crippen LogP contribution in [0.2, 0.25) is 0 Å². The van der Waals surface area contributed by atoms with E-state index in [1.807, 2.05) is 6.07 Å². The van der Waals surface area contributed by atoms with Crippen LogP contribution in [-0.2, 0) is 0 Å². The van der Waals surface area contributed by atoms with E-state index in [2.05, 4.69) is 26.1 Å². The first-order valence-electron chi connectivity index (χ1n) is 2.22. The number of nitrogens with zero attached hydrogens (tertiary/aromatic N) is 3. The van der Waals surface area contributed by atoms with Crippen molar-refractivity contribution >= 4 is 15.9 Å². The molecule has 0 unspecified atom stereocenters. The predicted octanol–water partition coefficient (Wildman–Crippen LogP) is 1.11. The summed E-state index contributed by atoms with van der Waals surface area (Å²) in [5, 5.41) is 15.5. The molecule has 0 N–H and O–H groups in total. The third kappa shape index (κ3) is 1.24. The second kappa shape index (κ2) is 2.55. The van der Waals surface area contributed by atoms with Crippen molar-refractivity contribution in [2.24, 2.45) is 0 Å². The molecule has 0 fully saturated rings. The summed E-state index contributed by atoms with van der Waals surface area (Å²) < 4.78 is 0.493. The molecule has 4 heteroatoms. The number of aromatic nitrogens is 2. The van der Waals surface area contributed by atoms with Crippen molar-refractivity contribution in [1.29, 1.82) is 5.26 Å². The van der Waals surface area contributed by atoms with E-state index in [9.17, 15) is 0 Å². The van der Waals surface area contributed by atoms with Crippen molar-refractivity contribution in [3.63, 3.8) is 0 Å². The molecule has 1 heterocycles. The number of nitriles is 1. The molecule has 3 nitrogen and oxygen atoms in total. The Labute approximate surface area is 60.5 Å². The number of hydrogen-bond acceptors (Lipinski definition) is 3. The van der Waals surface area contributed by atoms with Gasteiger partial charge in [0.25, 0.3) is 0 Å². The van der Waals surface area contributed by atoms with Gasteiger partial charge in [-0.05, 0) is 22.0 Å². The van der Waals surface area contributed by atoms with Crippen LogP contribution >= 0.6 is 15.9 Å². The fourth-order valence-electron chi connectivity index (χ4n) is 0.398. The molecular weight excluding hydrogens is 182 g/mol. The van der Waals surface area contributed by atoms with E-state index >= 15 is 0 Å². The zero-order valence-electron chi connectivity index (χ0n) is 4.37. The molecule has 0 aromatic carbocycles. The second-order valence-electron chi connectivity index (χ2n) is 1.35. The summed E-state index contributed by atoms with van der Waals surface area (Å²) in [5.74, 6) is 0. The fourth-order valence-corrected chi connectivity index (χ4v) is 0.710. The zero-order chi connectivity index (χ0) is 6.69. The quantitative estimate of drug-likeness (QED) is 0.606. The molecule has 0 aliphatic heterocycles. The molecule has 0 radical (unpaired) electrons. The maximum absolute atomic E-state index is 8.37. The fraction of sp³-hybridized carbons (Fsp3) is 0. The van der Waals surface area contributed by atoms with Crippen molar-refractivity contribution in [2.45, 2.75) is 0 Å². The Morgan fingerprint density at radius 1 is 1.67 bits per heavy atom. The molecule has 0 amide bonds. The highest BCUT2D eigenvalue weighted by molar-refractivity contribution is 9.10. The standard InChI is InChI=1S/C5H2BrN3/c6-5-4(3-7)1-2-8-9-5/h1-2H. The Morgan fingerprint density at radius 2 is 2.44 bits per heavy atom. The van der Waals surface area contributed by atoms with Gasteiger partial charge >= 0.3 is 0 Å². The molecule has 0 saturated carbocycles. The molecule has 0 bridgehead atoms. The first kappa shape index (κ1) is 6.17. The summed E-state index contributed by atoms with van der Waals surface area (Å²) in [6.07, 6.45) is 1.48. The lowest BCUT2D eigenvalue weighted by Crippen LogP contribution is -1.83. The summed E-state index contributed by atoms with van der Waals surface area (Å²) in [6, 6.07) is 3.54. The highest BCUT2D eigenvalue weighted by atomic mass is 79.9. The summed E-state index contributed by atoms with van der Waals surface area (Å²) in [6.45, 7) is 0. The average molecular weight is 184 g/mol. The monoisotopic (exact) mass is 183 g/mol. The topological polar surface area (TPSA) is 49.6 Å². The highest BCUT2D eigenvalue weighted by Gasteiger charge is 1.95. The molecular formula is C5H2BrN3. The second-order valence-corrected chi connectivity index (χ2v) is 2.10. The van der Waals surface area contributed by atoms with E-state index in [1.54, 1.807) is 6.07 Å². The summed E-state index contributed by atoms with van der Waals surface area (Å²) in [7, 11) is 0. The van der Waals surface area contributed by atoms with Crippen LogP contribution in [0.5, 0.6) is 0 Å². The molecule has 0 aliphatic carbocycles. The van der Waals surface area contributed by atoms with Crippen molar-refractivity contribution < 1.29 is 0 Å². The van der Waals surface area contributed by atoms with Crippen molar-refractivity contribution in [1.82, 2.24) is 10.2 Å². The van der Waals surface area contributed by atoms with Crippen LogP contribution in [0.4, 0.5) is 0 Å². The molecule has 0 spiro atoms. The van der Waals surface area contributed by atoms with Gasteiger partial charge < -0.3 is 0 Å². The first-order valence-corrected chi connectivity index (χ1v) is 3.01. The molecule has 0 aliphatic rings. The third-order valence-corrected chi connectivity index (χ3v) is 1.38. The Hall–Kier alpha value is -0.950. The SMILES string of the molecule is N#Cc1ccnnc1Br. The summed E-state index contributed by atoms with van der Waals surface area (Å²) >= 11 is 3.06. The minimum Gasteiger partial charge on any atom is -0.192 e. The minimum absolute atomic E-state index is 0.493. The maximum atomic E-state index is 8.37. The largest absolute Gasteiger partial charge is 0.192 e. The van der Waals surface area contributed by atoms with Crippen LogP contribution < -0.4 is 0 Å². The minimum atomic E-state index is 0.493. The van der Waals surface area contributed by atoms with Gasteiger partial charge in [-0.1, -0.05) is 0 Å². The van der Waals surface area contributed by atoms with E-state index in [0.717, 1.165) is 0 Å². The molecule has 1 aromatic rings. The van der Waals surface area contributed by atoms with Gasteiger partial charge in [0.1, 0.15) is 10.7 Å². The Kier molecular flexibility index (Phi) is 1.75. The van der Waals surface area contributed by atoms with Gasteiger partial charge in [-0.3, -0.25) is 0 Å². The van der Waals surface area contributed by atoms with Crippen molar-refractivity contribution in [2.75, 3.05) is 0 Å². The smallest absolute Gasteiger partial charge is 0.146 e. The number of rotatable bonds is 0. The molecule has 44 valence electrons. The molecule has 0 atom stereocenters. The van der Waals surface area contributed by atoms with E-state index in [1.165, 1.54) is 6.20 Å². The van der Waals surface area contributed by atoms with Gasteiger partial charge in [0.05, 0.1) is 11.8 Å². The molecule has 9 heavy (non-hydrogen) atoms. The Bertz CT molecular complexity index is 253. The zero-order valence-corrected chi connectivity index (χ0v) is 5.96. The Morgan fingerprint density at radius 3 is 2.89 bits per heavy atom. The molecule has 1 rings (SSSR count). The van der Waals surface area contributed by atoms with E-state index < -0.39 is 0 Å². The number of halogens is 1. The normalized spacial score (nSPS) is 8.44. The van der Waals surface area contributed by atoms with Gasteiger partial charge in [0.2, 0.25) is 0 Å². The van der Waals surface area contributed by atoms with Crippen LogP contribution in [-0.4, -0.2) is 10.2 Å². The van der Waals surface area contributed by atoms with Crippen LogP contribution in [0.3, 0.4) is 0 Å². The van der Waals surface area contributed by atoms with Crippen LogP contribution in [0.25, 0.3) is 0 Å². The van der Waals surface area contributed by atoms with E-state index in [4.69, 9.17) is 5.26 Å². The van der Waals surface area contributed by atoms with Gasteiger partial charge in [-0.2, -0.15) is 10.4 Å². The summed E-state index contributed by atoms with van der Waals surface area (Å²) in [4.78, 5) is 0. The van der Waals surface area contributed by atoms with E-state index in [0.29, 0.717) is 10.2 Å². The maximum Gasteiger partial charge on any atom is 0.146 e. The van der Waals surface area contributed by atoms with Crippen molar-refractivity contribution in [3.05, 3.63) is 22.4 Å². The van der Waals surface area contributed by atoms with Gasteiger partial charge in [0, 0.05) is 0 Å². The average Bonchev–Trinajstić information content (AvgIpc) is 1.89. The third-order valence-electron chi connectivity index (χ3n) is 0.796. The lowest BCUT2D eigenvalue weighted by Gasteiger charge is -1.86. The van der Waals surface area contributed by atoms with Crippen LogP contribution in [0.1, 0.15) is 5.56 Å². The lowest BCUT2D eigenvalue weighted by molar-refractivity contribution is 0.997.